The topological polar surface area (TPSA) is 15.3 Å². The molecule has 0 spiro atoms. The number of anilines is 1. The van der Waals surface area contributed by atoms with Gasteiger partial charge >= 0.3 is 0 Å². The summed E-state index contributed by atoms with van der Waals surface area (Å²) < 4.78 is 0. The van der Waals surface area contributed by atoms with Crippen molar-refractivity contribution in [2.75, 3.05) is 31.1 Å². The molecular formula is C15H26N2. The smallest absolute Gasteiger partial charge is 0.0366 e. The SMILES string of the molecule is CCCNCCCN(CC)c1ccc(C)cc1. The molecule has 17 heavy (non-hydrogen) atoms. The second-order valence-electron chi connectivity index (χ2n) is 4.52. The van der Waals surface area contributed by atoms with Gasteiger partial charge < -0.3 is 10.2 Å². The molecule has 96 valence electrons. The van der Waals surface area contributed by atoms with Gasteiger partial charge in [0.1, 0.15) is 0 Å². The van der Waals surface area contributed by atoms with Gasteiger partial charge in [0.05, 0.1) is 0 Å². The van der Waals surface area contributed by atoms with E-state index in [9.17, 15) is 0 Å². The van der Waals surface area contributed by atoms with Crippen molar-refractivity contribution in [2.45, 2.75) is 33.6 Å². The van der Waals surface area contributed by atoms with Crippen molar-refractivity contribution in [1.29, 1.82) is 0 Å². The van der Waals surface area contributed by atoms with Crippen molar-refractivity contribution in [3.63, 3.8) is 0 Å². The van der Waals surface area contributed by atoms with Crippen molar-refractivity contribution in [3.8, 4) is 0 Å². The molecule has 1 aromatic carbocycles. The lowest BCUT2D eigenvalue weighted by atomic mass is 10.2. The van der Waals surface area contributed by atoms with Crippen molar-refractivity contribution < 1.29 is 0 Å². The molecule has 0 aliphatic rings. The summed E-state index contributed by atoms with van der Waals surface area (Å²) in [5, 5.41) is 3.45. The number of hydrogen-bond donors (Lipinski definition) is 1. The van der Waals surface area contributed by atoms with E-state index in [1.807, 2.05) is 0 Å². The fraction of sp³-hybridized carbons (Fsp3) is 0.600. The normalized spacial score (nSPS) is 10.5. The minimum atomic E-state index is 1.08. The molecule has 0 heterocycles. The number of aryl methyl sites for hydroxylation is 1. The summed E-state index contributed by atoms with van der Waals surface area (Å²) in [6.45, 7) is 11.0. The molecule has 2 heteroatoms. The zero-order valence-corrected chi connectivity index (χ0v) is 11.5. The summed E-state index contributed by atoms with van der Waals surface area (Å²) in [6, 6.07) is 8.82. The highest BCUT2D eigenvalue weighted by Crippen LogP contribution is 2.14. The second kappa shape index (κ2) is 8.13. The lowest BCUT2D eigenvalue weighted by Crippen LogP contribution is -2.27. The van der Waals surface area contributed by atoms with E-state index in [4.69, 9.17) is 0 Å². The van der Waals surface area contributed by atoms with Gasteiger partial charge in [-0.2, -0.15) is 0 Å². The highest BCUT2D eigenvalue weighted by Gasteiger charge is 2.02. The van der Waals surface area contributed by atoms with E-state index in [-0.39, 0.29) is 0 Å². The molecule has 0 atom stereocenters. The Morgan fingerprint density at radius 2 is 1.76 bits per heavy atom. The van der Waals surface area contributed by atoms with Crippen LogP contribution in [0.15, 0.2) is 24.3 Å². The van der Waals surface area contributed by atoms with Crippen LogP contribution in [0.2, 0.25) is 0 Å². The van der Waals surface area contributed by atoms with E-state index in [0.717, 1.165) is 26.2 Å². The van der Waals surface area contributed by atoms with E-state index in [1.165, 1.54) is 24.1 Å². The zero-order valence-electron chi connectivity index (χ0n) is 11.5. The lowest BCUT2D eigenvalue weighted by Gasteiger charge is -2.23. The Bertz CT molecular complexity index is 292. The summed E-state index contributed by atoms with van der Waals surface area (Å²) in [5.74, 6) is 0. The van der Waals surface area contributed by atoms with E-state index < -0.39 is 0 Å². The molecule has 0 saturated carbocycles. The van der Waals surface area contributed by atoms with Gasteiger partial charge in [0, 0.05) is 18.8 Å². The minimum absolute atomic E-state index is 1.08. The predicted molar refractivity (Wildman–Crippen MR) is 76.8 cm³/mol. The first-order valence-corrected chi connectivity index (χ1v) is 6.80. The molecule has 0 aromatic heterocycles. The van der Waals surface area contributed by atoms with Crippen LogP contribution in [0, 0.1) is 6.92 Å². The Morgan fingerprint density at radius 1 is 1.06 bits per heavy atom. The molecule has 1 rings (SSSR count). The summed E-state index contributed by atoms with van der Waals surface area (Å²) in [5.41, 5.74) is 2.67. The molecule has 0 aliphatic carbocycles. The summed E-state index contributed by atoms with van der Waals surface area (Å²) in [7, 11) is 0. The predicted octanol–water partition coefficient (Wildman–Crippen LogP) is 3.21. The largest absolute Gasteiger partial charge is 0.372 e. The molecule has 0 saturated heterocycles. The van der Waals surface area contributed by atoms with Crippen LogP contribution in [0.5, 0.6) is 0 Å². The first-order chi connectivity index (χ1) is 8.27. The van der Waals surface area contributed by atoms with Crippen LogP contribution in [0.25, 0.3) is 0 Å². The van der Waals surface area contributed by atoms with Gasteiger partial charge in [-0.1, -0.05) is 24.6 Å². The van der Waals surface area contributed by atoms with Crippen LogP contribution in [0.3, 0.4) is 0 Å². The van der Waals surface area contributed by atoms with Crippen molar-refractivity contribution in [2.24, 2.45) is 0 Å². The third-order valence-electron chi connectivity index (χ3n) is 2.99. The Hall–Kier alpha value is -1.02. The Morgan fingerprint density at radius 3 is 2.35 bits per heavy atom. The standard InChI is InChI=1S/C15H26N2/c1-4-11-16-12-6-13-17(5-2)15-9-7-14(3)8-10-15/h7-10,16H,4-6,11-13H2,1-3H3. The van der Waals surface area contributed by atoms with E-state index in [0.29, 0.717) is 0 Å². The average Bonchev–Trinajstić information content (AvgIpc) is 2.35. The number of nitrogens with one attached hydrogen (secondary N) is 1. The van der Waals surface area contributed by atoms with Gasteiger partial charge in [-0.3, -0.25) is 0 Å². The van der Waals surface area contributed by atoms with E-state index >= 15 is 0 Å². The van der Waals surface area contributed by atoms with Gasteiger partial charge in [0.15, 0.2) is 0 Å². The van der Waals surface area contributed by atoms with Crippen molar-refractivity contribution in [1.82, 2.24) is 5.32 Å². The summed E-state index contributed by atoms with van der Waals surface area (Å²) >= 11 is 0. The molecule has 1 aromatic rings. The number of benzene rings is 1. The Balaban J connectivity index is 2.35. The van der Waals surface area contributed by atoms with Crippen LogP contribution in [-0.2, 0) is 0 Å². The molecule has 2 nitrogen and oxygen atoms in total. The number of nitrogens with zero attached hydrogens (tertiary/aromatic N) is 1. The Kier molecular flexibility index (Phi) is 6.71. The van der Waals surface area contributed by atoms with E-state index in [2.05, 4.69) is 55.3 Å². The molecular weight excluding hydrogens is 208 g/mol. The number of hydrogen-bond acceptors (Lipinski definition) is 2. The zero-order chi connectivity index (χ0) is 12.5. The van der Waals surface area contributed by atoms with E-state index in [1.54, 1.807) is 0 Å². The maximum atomic E-state index is 3.45. The second-order valence-corrected chi connectivity index (χ2v) is 4.52. The van der Waals surface area contributed by atoms with Gasteiger partial charge in [-0.15, -0.1) is 0 Å². The van der Waals surface area contributed by atoms with Gasteiger partial charge in [-0.05, 0) is 51.9 Å². The van der Waals surface area contributed by atoms with Crippen LogP contribution in [-0.4, -0.2) is 26.2 Å². The van der Waals surface area contributed by atoms with Crippen LogP contribution < -0.4 is 10.2 Å². The van der Waals surface area contributed by atoms with Gasteiger partial charge in [0.2, 0.25) is 0 Å². The third kappa shape index (κ3) is 5.22. The maximum Gasteiger partial charge on any atom is 0.0366 e. The highest BCUT2D eigenvalue weighted by molar-refractivity contribution is 5.47. The van der Waals surface area contributed by atoms with Crippen molar-refractivity contribution in [3.05, 3.63) is 29.8 Å². The number of rotatable bonds is 8. The molecule has 0 bridgehead atoms. The highest BCUT2D eigenvalue weighted by atomic mass is 15.1. The lowest BCUT2D eigenvalue weighted by molar-refractivity contribution is 0.629. The molecule has 0 aliphatic heterocycles. The molecule has 0 fully saturated rings. The molecule has 0 radical (unpaired) electrons. The third-order valence-corrected chi connectivity index (χ3v) is 2.99. The van der Waals surface area contributed by atoms with Gasteiger partial charge in [-0.25, -0.2) is 0 Å². The minimum Gasteiger partial charge on any atom is -0.372 e. The van der Waals surface area contributed by atoms with Crippen LogP contribution in [0.1, 0.15) is 32.3 Å². The fourth-order valence-corrected chi connectivity index (χ4v) is 1.92. The maximum absolute atomic E-state index is 3.45. The van der Waals surface area contributed by atoms with Gasteiger partial charge in [0.25, 0.3) is 0 Å². The monoisotopic (exact) mass is 234 g/mol. The molecule has 0 amide bonds. The van der Waals surface area contributed by atoms with Crippen LogP contribution >= 0.6 is 0 Å². The van der Waals surface area contributed by atoms with Crippen molar-refractivity contribution >= 4 is 5.69 Å². The summed E-state index contributed by atoms with van der Waals surface area (Å²) in [6.07, 6.45) is 2.43. The molecule has 1 N–H and O–H groups in total. The quantitative estimate of drug-likeness (QED) is 0.695. The first-order valence-electron chi connectivity index (χ1n) is 6.80. The summed E-state index contributed by atoms with van der Waals surface area (Å²) in [4.78, 5) is 2.44. The fourth-order valence-electron chi connectivity index (χ4n) is 1.92. The Labute approximate surface area is 106 Å². The first kappa shape index (κ1) is 14.0. The van der Waals surface area contributed by atoms with Crippen LogP contribution in [0.4, 0.5) is 5.69 Å². The molecule has 0 unspecified atom stereocenters. The average molecular weight is 234 g/mol.